The highest BCUT2D eigenvalue weighted by atomic mass is 16.3. The lowest BCUT2D eigenvalue weighted by atomic mass is 10.1. The van der Waals surface area contributed by atoms with Crippen LogP contribution in [0.4, 0.5) is 0 Å². The van der Waals surface area contributed by atoms with Crippen LogP contribution in [0, 0.1) is 0 Å². The van der Waals surface area contributed by atoms with Gasteiger partial charge in [0.1, 0.15) is 12.3 Å². The van der Waals surface area contributed by atoms with Crippen molar-refractivity contribution in [3.05, 3.63) is 11.8 Å². The summed E-state index contributed by atoms with van der Waals surface area (Å²) in [5, 5.41) is 9.31. The summed E-state index contributed by atoms with van der Waals surface area (Å²) >= 11 is 0. The van der Waals surface area contributed by atoms with E-state index < -0.39 is 6.23 Å². The molecule has 0 radical (unpaired) electrons. The molecule has 0 amide bonds. The van der Waals surface area contributed by atoms with Crippen LogP contribution >= 0.6 is 0 Å². The minimum absolute atomic E-state index is 0.167. The number of fused-ring (bicyclic) bond motifs is 1. The Labute approximate surface area is 82.6 Å². The summed E-state index contributed by atoms with van der Waals surface area (Å²) < 4.78 is 0. The van der Waals surface area contributed by atoms with Crippen molar-refractivity contribution in [2.24, 2.45) is 15.7 Å². The number of aliphatic hydroxyl groups excluding tert-OH is 1. The van der Waals surface area contributed by atoms with E-state index in [9.17, 15) is 5.11 Å². The van der Waals surface area contributed by atoms with Crippen LogP contribution in [0.1, 0.15) is 13.8 Å². The molecule has 14 heavy (non-hydrogen) atoms. The number of aliphatic imine (C=N–C) groups is 2. The highest BCUT2D eigenvalue weighted by Crippen LogP contribution is 2.24. The maximum atomic E-state index is 9.31. The summed E-state index contributed by atoms with van der Waals surface area (Å²) in [5.74, 6) is 0. The third-order valence-corrected chi connectivity index (χ3v) is 2.46. The largest absolute Gasteiger partial charge is 0.376 e. The average Bonchev–Trinajstić information content (AvgIpc) is 2.47. The highest BCUT2D eigenvalue weighted by molar-refractivity contribution is 5.95. The van der Waals surface area contributed by atoms with Crippen LogP contribution in [0.2, 0.25) is 0 Å². The Hall–Kier alpha value is -1.20. The van der Waals surface area contributed by atoms with Crippen LogP contribution in [0.3, 0.4) is 0 Å². The molecule has 0 aromatic carbocycles. The molecule has 0 aromatic heterocycles. The first-order chi connectivity index (χ1) is 6.59. The van der Waals surface area contributed by atoms with Crippen molar-refractivity contribution in [1.29, 1.82) is 0 Å². The van der Waals surface area contributed by atoms with Gasteiger partial charge in [-0.2, -0.15) is 0 Å². The Morgan fingerprint density at radius 2 is 2.29 bits per heavy atom. The Kier molecular flexibility index (Phi) is 2.13. The van der Waals surface area contributed by atoms with Crippen molar-refractivity contribution in [3.63, 3.8) is 0 Å². The molecule has 2 rings (SSSR count). The predicted molar refractivity (Wildman–Crippen MR) is 55.0 cm³/mol. The Morgan fingerprint density at radius 3 is 2.93 bits per heavy atom. The molecule has 2 aliphatic heterocycles. The van der Waals surface area contributed by atoms with Gasteiger partial charge in [0.2, 0.25) is 0 Å². The van der Waals surface area contributed by atoms with E-state index >= 15 is 0 Å². The van der Waals surface area contributed by atoms with E-state index in [1.165, 1.54) is 0 Å². The Balaban J connectivity index is 2.28. The van der Waals surface area contributed by atoms with Gasteiger partial charge in [-0.1, -0.05) is 0 Å². The van der Waals surface area contributed by atoms with Crippen molar-refractivity contribution in [2.45, 2.75) is 32.3 Å². The summed E-state index contributed by atoms with van der Waals surface area (Å²) in [7, 11) is 0. The van der Waals surface area contributed by atoms with E-state index in [4.69, 9.17) is 5.73 Å². The fraction of sp³-hybridized carbons (Fsp3) is 0.556. The molecule has 0 saturated heterocycles. The standard InChI is InChI=1S/C9H14N4O/c1-5-3-6(2)13-4-11-7(8(10)14)9(13)12-5/h3-4,7-9,14H,10H2,1-2H3. The summed E-state index contributed by atoms with van der Waals surface area (Å²) in [5.41, 5.74) is 7.44. The van der Waals surface area contributed by atoms with Crippen molar-refractivity contribution >= 4 is 12.1 Å². The van der Waals surface area contributed by atoms with Gasteiger partial charge in [0.15, 0.2) is 6.17 Å². The SMILES string of the molecule is CC1=CC(C)=NC2C(C(N)O)N=CN12. The lowest BCUT2D eigenvalue weighted by Gasteiger charge is -2.29. The number of nitrogens with two attached hydrogens (primary N) is 1. The van der Waals surface area contributed by atoms with Gasteiger partial charge in [-0.15, -0.1) is 0 Å². The molecule has 0 aliphatic carbocycles. The number of hydrogen-bond acceptors (Lipinski definition) is 5. The summed E-state index contributed by atoms with van der Waals surface area (Å²) in [6.07, 6.45) is 2.55. The van der Waals surface area contributed by atoms with E-state index in [0.29, 0.717) is 0 Å². The molecule has 0 aromatic rings. The van der Waals surface area contributed by atoms with Crippen molar-refractivity contribution < 1.29 is 5.11 Å². The molecule has 0 fully saturated rings. The smallest absolute Gasteiger partial charge is 0.152 e. The third-order valence-electron chi connectivity index (χ3n) is 2.46. The van der Waals surface area contributed by atoms with Crippen molar-refractivity contribution in [1.82, 2.24) is 4.90 Å². The molecule has 3 unspecified atom stereocenters. The van der Waals surface area contributed by atoms with Gasteiger partial charge in [-0.25, -0.2) is 0 Å². The van der Waals surface area contributed by atoms with E-state index in [1.54, 1.807) is 6.34 Å². The van der Waals surface area contributed by atoms with Crippen molar-refractivity contribution in [3.8, 4) is 0 Å². The number of aliphatic hydroxyl groups is 1. The van der Waals surface area contributed by atoms with Crippen LogP contribution in [0.25, 0.3) is 0 Å². The number of hydrogen-bond donors (Lipinski definition) is 2. The van der Waals surface area contributed by atoms with E-state index in [2.05, 4.69) is 9.98 Å². The molecular formula is C9H14N4O. The van der Waals surface area contributed by atoms with Gasteiger partial charge < -0.3 is 15.7 Å². The van der Waals surface area contributed by atoms with Crippen LogP contribution in [0.5, 0.6) is 0 Å². The molecule has 5 heteroatoms. The minimum atomic E-state index is -0.955. The monoisotopic (exact) mass is 194 g/mol. The lowest BCUT2D eigenvalue weighted by molar-refractivity contribution is 0.129. The number of allylic oxidation sites excluding steroid dienone is 2. The third kappa shape index (κ3) is 1.34. The molecule has 5 nitrogen and oxygen atoms in total. The maximum Gasteiger partial charge on any atom is 0.152 e. The van der Waals surface area contributed by atoms with Gasteiger partial charge >= 0.3 is 0 Å². The fourth-order valence-electron chi connectivity index (χ4n) is 1.78. The maximum absolute atomic E-state index is 9.31. The second-order valence-corrected chi connectivity index (χ2v) is 3.62. The van der Waals surface area contributed by atoms with Gasteiger partial charge in [-0.05, 0) is 19.9 Å². The molecule has 0 saturated carbocycles. The first kappa shape index (κ1) is 9.36. The summed E-state index contributed by atoms with van der Waals surface area (Å²) in [6, 6.07) is -0.353. The second-order valence-electron chi connectivity index (χ2n) is 3.62. The molecule has 0 spiro atoms. The van der Waals surface area contributed by atoms with Crippen LogP contribution in [-0.4, -0.2) is 40.5 Å². The fourth-order valence-corrected chi connectivity index (χ4v) is 1.78. The van der Waals surface area contributed by atoms with Crippen LogP contribution in [-0.2, 0) is 0 Å². The predicted octanol–water partition coefficient (Wildman–Crippen LogP) is -0.320. The quantitative estimate of drug-likeness (QED) is 0.562. The van der Waals surface area contributed by atoms with Gasteiger partial charge in [0, 0.05) is 11.4 Å². The van der Waals surface area contributed by atoms with E-state index in [1.807, 2.05) is 24.8 Å². The number of nitrogens with zero attached hydrogens (tertiary/aromatic N) is 3. The zero-order valence-corrected chi connectivity index (χ0v) is 8.25. The molecule has 0 bridgehead atoms. The van der Waals surface area contributed by atoms with E-state index in [0.717, 1.165) is 11.4 Å². The number of rotatable bonds is 1. The van der Waals surface area contributed by atoms with Crippen molar-refractivity contribution in [2.75, 3.05) is 0 Å². The average molecular weight is 194 g/mol. The molecular weight excluding hydrogens is 180 g/mol. The summed E-state index contributed by atoms with van der Waals surface area (Å²) in [6.45, 7) is 3.92. The van der Waals surface area contributed by atoms with Gasteiger partial charge in [0.25, 0.3) is 0 Å². The zero-order valence-electron chi connectivity index (χ0n) is 8.25. The molecule has 2 aliphatic rings. The topological polar surface area (TPSA) is 74.2 Å². The molecule has 3 atom stereocenters. The normalized spacial score (nSPS) is 32.4. The van der Waals surface area contributed by atoms with Crippen LogP contribution in [0.15, 0.2) is 21.8 Å². The Bertz CT molecular complexity index is 332. The van der Waals surface area contributed by atoms with Gasteiger partial charge in [0.05, 0.1) is 6.34 Å². The molecule has 2 heterocycles. The van der Waals surface area contributed by atoms with Crippen LogP contribution < -0.4 is 5.73 Å². The zero-order chi connectivity index (χ0) is 10.3. The lowest BCUT2D eigenvalue weighted by Crippen LogP contribution is -2.45. The minimum Gasteiger partial charge on any atom is -0.376 e. The Morgan fingerprint density at radius 1 is 1.57 bits per heavy atom. The van der Waals surface area contributed by atoms with Gasteiger partial charge in [-0.3, -0.25) is 9.98 Å². The van der Waals surface area contributed by atoms with E-state index in [-0.39, 0.29) is 12.2 Å². The highest BCUT2D eigenvalue weighted by Gasteiger charge is 2.36. The molecule has 3 N–H and O–H groups in total. The summed E-state index contributed by atoms with van der Waals surface area (Å²) in [4.78, 5) is 10.5. The first-order valence-corrected chi connectivity index (χ1v) is 4.57. The molecule has 76 valence electrons. The first-order valence-electron chi connectivity index (χ1n) is 4.57. The second kappa shape index (κ2) is 3.18.